The maximum absolute atomic E-state index is 12.8. The second kappa shape index (κ2) is 5.77. The third-order valence-electron chi connectivity index (χ3n) is 4.23. The molecular weight excluding hydrogens is 270 g/mol. The van der Waals surface area contributed by atoms with Gasteiger partial charge in [-0.05, 0) is 25.8 Å². The van der Waals surface area contributed by atoms with E-state index in [-0.39, 0.29) is 5.91 Å². The Morgan fingerprint density at radius 3 is 2.81 bits per heavy atom. The van der Waals surface area contributed by atoms with Gasteiger partial charge in [0.2, 0.25) is 0 Å². The smallest absolute Gasteiger partial charge is 0.272 e. The van der Waals surface area contributed by atoms with Crippen molar-refractivity contribution in [3.63, 3.8) is 0 Å². The second-order valence-electron chi connectivity index (χ2n) is 5.63. The van der Waals surface area contributed by atoms with Gasteiger partial charge in [-0.3, -0.25) is 9.48 Å². The number of aryl methyl sites for hydroxylation is 2. The summed E-state index contributed by atoms with van der Waals surface area (Å²) >= 11 is 0. The van der Waals surface area contributed by atoms with Crippen molar-refractivity contribution >= 4 is 5.91 Å². The summed E-state index contributed by atoms with van der Waals surface area (Å²) in [7, 11) is 0. The SMILES string of the molecule is CCc1cc(C(=O)N2CCCC3(C2)OCCO3)n(CC)n1. The maximum Gasteiger partial charge on any atom is 0.272 e. The number of likely N-dealkylation sites (tertiary alicyclic amines) is 1. The molecule has 0 N–H and O–H groups in total. The third kappa shape index (κ3) is 2.70. The summed E-state index contributed by atoms with van der Waals surface area (Å²) in [5.41, 5.74) is 1.63. The van der Waals surface area contributed by atoms with Crippen molar-refractivity contribution in [1.29, 1.82) is 0 Å². The van der Waals surface area contributed by atoms with E-state index in [0.717, 1.165) is 31.5 Å². The van der Waals surface area contributed by atoms with Crippen LogP contribution in [-0.2, 0) is 22.4 Å². The summed E-state index contributed by atoms with van der Waals surface area (Å²) in [6.07, 6.45) is 2.61. The monoisotopic (exact) mass is 293 g/mol. The first-order valence-electron chi connectivity index (χ1n) is 7.81. The highest BCUT2D eigenvalue weighted by atomic mass is 16.7. The van der Waals surface area contributed by atoms with E-state index in [1.807, 2.05) is 24.8 Å². The fourth-order valence-electron chi connectivity index (χ4n) is 3.11. The average Bonchev–Trinajstić information content (AvgIpc) is 3.13. The lowest BCUT2D eigenvalue weighted by atomic mass is 10.0. The minimum absolute atomic E-state index is 0.0298. The first-order chi connectivity index (χ1) is 10.2. The quantitative estimate of drug-likeness (QED) is 0.846. The molecule has 0 atom stereocenters. The first kappa shape index (κ1) is 14.5. The van der Waals surface area contributed by atoms with Crippen LogP contribution in [0, 0.1) is 0 Å². The van der Waals surface area contributed by atoms with Gasteiger partial charge in [0, 0.05) is 19.5 Å². The summed E-state index contributed by atoms with van der Waals surface area (Å²) in [6.45, 7) is 7.26. The zero-order valence-electron chi connectivity index (χ0n) is 12.8. The lowest BCUT2D eigenvalue weighted by Crippen LogP contribution is -2.51. The van der Waals surface area contributed by atoms with Crippen LogP contribution >= 0.6 is 0 Å². The highest BCUT2D eigenvalue weighted by molar-refractivity contribution is 5.92. The minimum Gasteiger partial charge on any atom is -0.346 e. The van der Waals surface area contributed by atoms with Gasteiger partial charge in [-0.1, -0.05) is 6.92 Å². The van der Waals surface area contributed by atoms with Crippen LogP contribution in [-0.4, -0.2) is 52.7 Å². The molecule has 0 radical (unpaired) electrons. The third-order valence-corrected chi connectivity index (χ3v) is 4.23. The van der Waals surface area contributed by atoms with Gasteiger partial charge in [0.1, 0.15) is 5.69 Å². The Hall–Kier alpha value is -1.40. The number of rotatable bonds is 3. The molecule has 2 aliphatic heterocycles. The van der Waals surface area contributed by atoms with Crippen LogP contribution in [0.25, 0.3) is 0 Å². The molecule has 2 fully saturated rings. The van der Waals surface area contributed by atoms with E-state index in [1.54, 1.807) is 4.68 Å². The van der Waals surface area contributed by atoms with Gasteiger partial charge < -0.3 is 14.4 Å². The molecule has 0 unspecified atom stereocenters. The predicted octanol–water partition coefficient (Wildman–Crippen LogP) is 1.44. The lowest BCUT2D eigenvalue weighted by molar-refractivity contribution is -0.183. The molecule has 0 aliphatic carbocycles. The van der Waals surface area contributed by atoms with E-state index in [2.05, 4.69) is 5.10 Å². The fraction of sp³-hybridized carbons (Fsp3) is 0.733. The van der Waals surface area contributed by atoms with E-state index in [4.69, 9.17) is 9.47 Å². The van der Waals surface area contributed by atoms with Gasteiger partial charge in [-0.25, -0.2) is 0 Å². The minimum atomic E-state index is -0.571. The van der Waals surface area contributed by atoms with Crippen LogP contribution in [0.1, 0.15) is 42.9 Å². The van der Waals surface area contributed by atoms with Crippen LogP contribution in [0.15, 0.2) is 6.07 Å². The molecule has 3 heterocycles. The number of nitrogens with zero attached hydrogens (tertiary/aromatic N) is 3. The zero-order valence-corrected chi connectivity index (χ0v) is 12.8. The van der Waals surface area contributed by atoms with Gasteiger partial charge in [0.15, 0.2) is 5.79 Å². The topological polar surface area (TPSA) is 56.6 Å². The van der Waals surface area contributed by atoms with E-state index < -0.39 is 5.79 Å². The number of amides is 1. The van der Waals surface area contributed by atoms with Crippen molar-refractivity contribution in [3.8, 4) is 0 Å². The maximum atomic E-state index is 12.8. The Bertz CT molecular complexity index is 520. The summed E-state index contributed by atoms with van der Waals surface area (Å²) < 4.78 is 13.3. The number of piperidine rings is 1. The Morgan fingerprint density at radius 2 is 2.14 bits per heavy atom. The van der Waals surface area contributed by atoms with Crippen molar-refractivity contribution in [2.45, 2.75) is 45.4 Å². The Labute approximate surface area is 125 Å². The standard InChI is InChI=1S/C15H23N3O3/c1-3-12-10-13(18(4-2)16-12)14(19)17-7-5-6-15(11-17)20-8-9-21-15/h10H,3-9,11H2,1-2H3. The van der Waals surface area contributed by atoms with Crippen LogP contribution < -0.4 is 0 Å². The van der Waals surface area contributed by atoms with Crippen molar-refractivity contribution in [2.75, 3.05) is 26.3 Å². The summed E-state index contributed by atoms with van der Waals surface area (Å²) in [6, 6.07) is 1.91. The number of hydrogen-bond donors (Lipinski definition) is 0. The molecule has 1 aromatic heterocycles. The first-order valence-corrected chi connectivity index (χ1v) is 7.81. The molecule has 0 aromatic carbocycles. The van der Waals surface area contributed by atoms with Crippen molar-refractivity contribution in [1.82, 2.24) is 14.7 Å². The van der Waals surface area contributed by atoms with Crippen LogP contribution in [0.3, 0.4) is 0 Å². The van der Waals surface area contributed by atoms with Crippen molar-refractivity contribution < 1.29 is 14.3 Å². The molecule has 6 nitrogen and oxygen atoms in total. The van der Waals surface area contributed by atoms with E-state index in [1.165, 1.54) is 0 Å². The molecule has 21 heavy (non-hydrogen) atoms. The molecule has 1 amide bonds. The molecule has 116 valence electrons. The molecule has 6 heteroatoms. The number of aromatic nitrogens is 2. The molecule has 2 saturated heterocycles. The number of carbonyl (C=O) groups is 1. The molecule has 3 rings (SSSR count). The van der Waals surface area contributed by atoms with Crippen molar-refractivity contribution in [2.24, 2.45) is 0 Å². The number of carbonyl (C=O) groups excluding carboxylic acids is 1. The van der Waals surface area contributed by atoms with Gasteiger partial charge in [0.25, 0.3) is 5.91 Å². The van der Waals surface area contributed by atoms with Crippen LogP contribution in [0.5, 0.6) is 0 Å². The highest BCUT2D eigenvalue weighted by Crippen LogP contribution is 2.30. The fourth-order valence-corrected chi connectivity index (χ4v) is 3.11. The lowest BCUT2D eigenvalue weighted by Gasteiger charge is -2.38. The number of hydrogen-bond acceptors (Lipinski definition) is 4. The Morgan fingerprint density at radius 1 is 1.38 bits per heavy atom. The highest BCUT2D eigenvalue weighted by Gasteiger charge is 2.42. The van der Waals surface area contributed by atoms with Gasteiger partial charge in [-0.2, -0.15) is 5.10 Å². The van der Waals surface area contributed by atoms with Crippen LogP contribution in [0.4, 0.5) is 0 Å². The van der Waals surface area contributed by atoms with Gasteiger partial charge in [-0.15, -0.1) is 0 Å². The molecule has 0 bridgehead atoms. The number of ether oxygens (including phenoxy) is 2. The summed E-state index contributed by atoms with van der Waals surface area (Å²) in [5, 5.41) is 4.46. The van der Waals surface area contributed by atoms with Crippen LogP contribution in [0.2, 0.25) is 0 Å². The zero-order chi connectivity index (χ0) is 14.9. The van der Waals surface area contributed by atoms with E-state index in [9.17, 15) is 4.79 Å². The molecule has 1 aromatic rings. The molecular formula is C15H23N3O3. The summed E-state index contributed by atoms with van der Waals surface area (Å²) in [4.78, 5) is 14.6. The summed E-state index contributed by atoms with van der Waals surface area (Å²) in [5.74, 6) is -0.541. The van der Waals surface area contributed by atoms with Gasteiger partial charge in [0.05, 0.1) is 25.5 Å². The second-order valence-corrected chi connectivity index (χ2v) is 5.63. The Balaban J connectivity index is 1.79. The van der Waals surface area contributed by atoms with E-state index in [0.29, 0.717) is 32.0 Å². The molecule has 2 aliphatic rings. The Kier molecular flexibility index (Phi) is 3.99. The predicted molar refractivity (Wildman–Crippen MR) is 77.1 cm³/mol. The van der Waals surface area contributed by atoms with Gasteiger partial charge >= 0.3 is 0 Å². The largest absolute Gasteiger partial charge is 0.346 e. The van der Waals surface area contributed by atoms with E-state index >= 15 is 0 Å². The van der Waals surface area contributed by atoms with Crippen molar-refractivity contribution in [3.05, 3.63) is 17.5 Å². The average molecular weight is 293 g/mol. The normalized spacial score (nSPS) is 21.1. The molecule has 1 spiro atoms. The molecule has 0 saturated carbocycles.